The lowest BCUT2D eigenvalue weighted by atomic mass is 9.96. The molecule has 3 aromatic rings. The molecule has 2 aliphatic rings. The van der Waals surface area contributed by atoms with Crippen LogP contribution in [0.4, 0.5) is 8.78 Å². The molecular weight excluding hydrogens is 532 g/mol. The molecule has 0 bridgehead atoms. The van der Waals surface area contributed by atoms with Gasteiger partial charge in [-0.15, -0.1) is 5.10 Å². The topological polar surface area (TPSA) is 126 Å². The van der Waals surface area contributed by atoms with Gasteiger partial charge < -0.3 is 20.9 Å². The molecule has 1 aromatic heterocycles. The lowest BCUT2D eigenvalue weighted by Gasteiger charge is -2.27. The summed E-state index contributed by atoms with van der Waals surface area (Å²) in [5.41, 5.74) is 8.96. The summed E-state index contributed by atoms with van der Waals surface area (Å²) in [5, 5.41) is 11.0. The molecule has 0 aliphatic carbocycles. The van der Waals surface area contributed by atoms with E-state index in [2.05, 4.69) is 15.6 Å². The predicted octanol–water partition coefficient (Wildman–Crippen LogP) is 2.05. The summed E-state index contributed by atoms with van der Waals surface area (Å²) in [7, 11) is 1.80. The van der Waals surface area contributed by atoms with Crippen LogP contribution < -0.4 is 11.1 Å². The van der Waals surface area contributed by atoms with Crippen molar-refractivity contribution in [3.05, 3.63) is 59.2 Å². The molecule has 3 heterocycles. The number of aryl methyl sites for hydroxylation is 1. The molecule has 2 aromatic carbocycles. The van der Waals surface area contributed by atoms with Gasteiger partial charge in [-0.1, -0.05) is 17.3 Å². The van der Waals surface area contributed by atoms with Gasteiger partial charge in [0.2, 0.25) is 17.7 Å². The number of benzene rings is 2. The lowest BCUT2D eigenvalue weighted by molar-refractivity contribution is -0.140. The highest BCUT2D eigenvalue weighted by Crippen LogP contribution is 2.29. The zero-order valence-corrected chi connectivity index (χ0v) is 23.1. The van der Waals surface area contributed by atoms with E-state index in [0.717, 1.165) is 43.1 Å². The highest BCUT2D eigenvalue weighted by Gasteiger charge is 2.41. The molecule has 41 heavy (non-hydrogen) atoms. The summed E-state index contributed by atoms with van der Waals surface area (Å²) in [6.45, 7) is 1.87. The van der Waals surface area contributed by atoms with Gasteiger partial charge in [0.05, 0.1) is 11.6 Å². The largest absolute Gasteiger partial charge is 0.350 e. The van der Waals surface area contributed by atoms with E-state index in [4.69, 9.17) is 5.73 Å². The summed E-state index contributed by atoms with van der Waals surface area (Å²) in [6, 6.07) is 7.25. The zero-order chi connectivity index (χ0) is 29.1. The Morgan fingerprint density at radius 3 is 2.66 bits per heavy atom. The second-order valence-corrected chi connectivity index (χ2v) is 11.0. The van der Waals surface area contributed by atoms with Crippen LogP contribution in [0.1, 0.15) is 43.2 Å². The fraction of sp³-hybridized carbons (Fsp3) is 0.483. The number of nitrogens with zero attached hydrogens (tertiary/aromatic N) is 5. The van der Waals surface area contributed by atoms with E-state index in [0.29, 0.717) is 17.5 Å². The van der Waals surface area contributed by atoms with Crippen LogP contribution in [0.2, 0.25) is 0 Å². The first kappa shape index (κ1) is 28.6. The molecule has 0 radical (unpaired) electrons. The molecule has 2 fully saturated rings. The molecule has 2 aliphatic heterocycles. The van der Waals surface area contributed by atoms with Gasteiger partial charge in [0.1, 0.15) is 23.2 Å². The SMILES string of the molecule is Cn1nnc2cc(CNC(=O)C3CC(Cc4ccc(F)cc4F)CN3C(=O)C(N)CCC(=O)N3CCCC3)ccc21. The Kier molecular flexibility index (Phi) is 8.57. The van der Waals surface area contributed by atoms with Crippen LogP contribution in [-0.2, 0) is 34.4 Å². The molecule has 3 atom stereocenters. The monoisotopic (exact) mass is 567 g/mol. The molecule has 2 saturated heterocycles. The van der Waals surface area contributed by atoms with E-state index < -0.39 is 29.6 Å². The first-order valence-corrected chi connectivity index (χ1v) is 14.0. The maximum Gasteiger partial charge on any atom is 0.243 e. The van der Waals surface area contributed by atoms with Crippen molar-refractivity contribution in [1.82, 2.24) is 30.1 Å². The fourth-order valence-electron chi connectivity index (χ4n) is 5.80. The number of fused-ring (bicyclic) bond motifs is 1. The minimum Gasteiger partial charge on any atom is -0.350 e. The number of hydrogen-bond donors (Lipinski definition) is 2. The third-order valence-electron chi connectivity index (χ3n) is 8.08. The second-order valence-electron chi connectivity index (χ2n) is 11.0. The van der Waals surface area contributed by atoms with Crippen LogP contribution in [0, 0.1) is 17.6 Å². The van der Waals surface area contributed by atoms with Gasteiger partial charge in [0.15, 0.2) is 0 Å². The van der Waals surface area contributed by atoms with Crippen LogP contribution >= 0.6 is 0 Å². The van der Waals surface area contributed by atoms with Crippen molar-refractivity contribution in [3.8, 4) is 0 Å². The van der Waals surface area contributed by atoms with E-state index in [1.165, 1.54) is 17.0 Å². The molecule has 10 nitrogen and oxygen atoms in total. The summed E-state index contributed by atoms with van der Waals surface area (Å²) in [6.07, 6.45) is 2.83. The maximum atomic E-state index is 14.4. The normalized spacial score (nSPS) is 19.6. The van der Waals surface area contributed by atoms with Gasteiger partial charge in [-0.05, 0) is 67.3 Å². The van der Waals surface area contributed by atoms with Crippen molar-refractivity contribution in [2.45, 2.75) is 57.2 Å². The molecule has 0 saturated carbocycles. The zero-order valence-electron chi connectivity index (χ0n) is 23.1. The van der Waals surface area contributed by atoms with Gasteiger partial charge in [0.25, 0.3) is 0 Å². The Morgan fingerprint density at radius 1 is 1.12 bits per heavy atom. The minimum absolute atomic E-state index is 0.0220. The smallest absolute Gasteiger partial charge is 0.243 e. The molecule has 3 unspecified atom stereocenters. The Morgan fingerprint density at radius 2 is 1.90 bits per heavy atom. The Hall–Kier alpha value is -3.93. The number of carbonyl (C=O) groups is 3. The number of rotatable bonds is 9. The van der Waals surface area contributed by atoms with E-state index in [9.17, 15) is 23.2 Å². The van der Waals surface area contributed by atoms with E-state index in [1.54, 1.807) is 16.6 Å². The van der Waals surface area contributed by atoms with E-state index in [1.807, 2.05) is 18.2 Å². The van der Waals surface area contributed by atoms with Crippen molar-refractivity contribution in [1.29, 1.82) is 0 Å². The van der Waals surface area contributed by atoms with Crippen molar-refractivity contribution < 1.29 is 23.2 Å². The van der Waals surface area contributed by atoms with Crippen LogP contribution in [-0.4, -0.2) is 74.2 Å². The number of hydrogen-bond acceptors (Lipinski definition) is 6. The van der Waals surface area contributed by atoms with Gasteiger partial charge in [-0.2, -0.15) is 0 Å². The molecule has 218 valence electrons. The predicted molar refractivity (Wildman–Crippen MR) is 147 cm³/mol. The third-order valence-corrected chi connectivity index (χ3v) is 8.08. The number of amides is 3. The summed E-state index contributed by atoms with van der Waals surface area (Å²) >= 11 is 0. The number of nitrogens with one attached hydrogen (secondary N) is 1. The number of halogens is 2. The van der Waals surface area contributed by atoms with Gasteiger partial charge in [-0.3, -0.25) is 14.4 Å². The van der Waals surface area contributed by atoms with Gasteiger partial charge in [0, 0.05) is 45.7 Å². The standard InChI is InChI=1S/C29H35F2N7O3/c1-36-25-8-4-18(13-24(25)34-35-36)16-33-28(40)26-14-19(12-20-5-6-21(30)15-22(20)31)17-38(26)29(41)23(32)7-9-27(39)37-10-2-3-11-37/h4-6,8,13,15,19,23,26H,2-3,7,9-12,14,16-17,32H2,1H3,(H,33,40). The second kappa shape index (κ2) is 12.3. The van der Waals surface area contributed by atoms with E-state index in [-0.39, 0.29) is 50.1 Å². The van der Waals surface area contributed by atoms with Crippen molar-refractivity contribution in [2.75, 3.05) is 19.6 Å². The first-order chi connectivity index (χ1) is 19.7. The summed E-state index contributed by atoms with van der Waals surface area (Å²) in [5.74, 6) is -2.34. The number of likely N-dealkylation sites (tertiary alicyclic amines) is 2. The average Bonchev–Trinajstić information content (AvgIpc) is 3.72. The van der Waals surface area contributed by atoms with Crippen LogP contribution in [0.25, 0.3) is 11.0 Å². The van der Waals surface area contributed by atoms with Gasteiger partial charge in [-0.25, -0.2) is 13.5 Å². The summed E-state index contributed by atoms with van der Waals surface area (Å²) in [4.78, 5) is 42.6. The molecule has 0 spiro atoms. The number of carbonyl (C=O) groups excluding carboxylic acids is 3. The van der Waals surface area contributed by atoms with Gasteiger partial charge >= 0.3 is 0 Å². The quantitative estimate of drug-likeness (QED) is 0.408. The number of aromatic nitrogens is 3. The van der Waals surface area contributed by atoms with Crippen molar-refractivity contribution >= 4 is 28.8 Å². The first-order valence-electron chi connectivity index (χ1n) is 14.0. The Bertz CT molecular complexity index is 1440. The summed E-state index contributed by atoms with van der Waals surface area (Å²) < 4.78 is 29.5. The van der Waals surface area contributed by atoms with E-state index >= 15 is 0 Å². The van der Waals surface area contributed by atoms with Crippen molar-refractivity contribution in [3.63, 3.8) is 0 Å². The Labute approximate surface area is 236 Å². The van der Waals surface area contributed by atoms with Crippen LogP contribution in [0.3, 0.4) is 0 Å². The molecular formula is C29H35F2N7O3. The highest BCUT2D eigenvalue weighted by atomic mass is 19.1. The lowest BCUT2D eigenvalue weighted by Crippen LogP contribution is -2.51. The molecule has 5 rings (SSSR count). The minimum atomic E-state index is -0.947. The molecule has 12 heteroatoms. The molecule has 3 amide bonds. The third kappa shape index (κ3) is 6.53. The highest BCUT2D eigenvalue weighted by molar-refractivity contribution is 5.91. The average molecular weight is 568 g/mol. The molecule has 3 N–H and O–H groups in total. The van der Waals surface area contributed by atoms with Crippen LogP contribution in [0.15, 0.2) is 36.4 Å². The van der Waals surface area contributed by atoms with Crippen molar-refractivity contribution in [2.24, 2.45) is 18.7 Å². The maximum absolute atomic E-state index is 14.4. The Balaban J connectivity index is 1.26. The van der Waals surface area contributed by atoms with Crippen LogP contribution in [0.5, 0.6) is 0 Å². The number of nitrogens with two attached hydrogens (primary N) is 1. The fourth-order valence-corrected chi connectivity index (χ4v) is 5.80.